The number of aromatic nitrogens is 5. The summed E-state index contributed by atoms with van der Waals surface area (Å²) in [5.41, 5.74) is 2.66. The minimum Gasteiger partial charge on any atom is -0.339 e. The third-order valence-electron chi connectivity index (χ3n) is 4.53. The first-order chi connectivity index (χ1) is 12.2. The van der Waals surface area contributed by atoms with E-state index in [2.05, 4.69) is 30.2 Å². The van der Waals surface area contributed by atoms with Gasteiger partial charge in [0.2, 0.25) is 11.7 Å². The van der Waals surface area contributed by atoms with Crippen LogP contribution in [0.1, 0.15) is 36.0 Å². The van der Waals surface area contributed by atoms with Crippen molar-refractivity contribution < 1.29 is 4.52 Å². The van der Waals surface area contributed by atoms with Gasteiger partial charge in [0.1, 0.15) is 0 Å². The first-order valence-electron chi connectivity index (χ1n) is 8.36. The van der Waals surface area contributed by atoms with Gasteiger partial charge in [0, 0.05) is 31.0 Å². The Morgan fingerprint density at radius 2 is 2.36 bits per heavy atom. The number of halogens is 1. The highest BCUT2D eigenvalue weighted by Crippen LogP contribution is 2.29. The standard InChI is InChI=1S/C17H19ClN6O/c1-11-15(18)14(22-21-11)10-24-7-3-5-13(9-24)17-20-16(23-25-17)12-4-2-6-19-8-12/h2,4,6,8,13H,3,5,7,9-10H2,1H3,(H,21,22). The molecule has 3 aromatic heterocycles. The summed E-state index contributed by atoms with van der Waals surface area (Å²) in [6.45, 7) is 4.53. The number of rotatable bonds is 4. The second kappa shape index (κ2) is 6.93. The lowest BCUT2D eigenvalue weighted by Gasteiger charge is -2.30. The summed E-state index contributed by atoms with van der Waals surface area (Å²) >= 11 is 6.29. The number of likely N-dealkylation sites (tertiary alicyclic amines) is 1. The SMILES string of the molecule is Cc1[nH]nc(CN2CCCC(c3nc(-c4cccnc4)no3)C2)c1Cl. The van der Waals surface area contributed by atoms with Crippen LogP contribution in [0, 0.1) is 6.92 Å². The lowest BCUT2D eigenvalue weighted by atomic mass is 9.98. The molecule has 1 unspecified atom stereocenters. The summed E-state index contributed by atoms with van der Waals surface area (Å²) < 4.78 is 5.52. The smallest absolute Gasteiger partial charge is 0.231 e. The highest BCUT2D eigenvalue weighted by atomic mass is 35.5. The number of aromatic amines is 1. The van der Waals surface area contributed by atoms with Gasteiger partial charge in [0.15, 0.2) is 0 Å². The molecular weight excluding hydrogens is 340 g/mol. The predicted octanol–water partition coefficient (Wildman–Crippen LogP) is 3.20. The van der Waals surface area contributed by atoms with Gasteiger partial charge in [-0.25, -0.2) is 0 Å². The number of H-pyrrole nitrogens is 1. The second-order valence-electron chi connectivity index (χ2n) is 6.38. The molecule has 1 N–H and O–H groups in total. The number of hydrogen-bond donors (Lipinski definition) is 1. The summed E-state index contributed by atoms with van der Waals surface area (Å²) in [6, 6.07) is 3.79. The van der Waals surface area contributed by atoms with E-state index in [1.54, 1.807) is 12.4 Å². The van der Waals surface area contributed by atoms with Crippen molar-refractivity contribution in [2.24, 2.45) is 0 Å². The minimum atomic E-state index is 0.227. The van der Waals surface area contributed by atoms with Crippen LogP contribution in [0.15, 0.2) is 29.0 Å². The van der Waals surface area contributed by atoms with Gasteiger partial charge in [-0.15, -0.1) is 0 Å². The molecule has 1 aliphatic heterocycles. The fraction of sp³-hybridized carbons (Fsp3) is 0.412. The minimum absolute atomic E-state index is 0.227. The lowest BCUT2D eigenvalue weighted by molar-refractivity contribution is 0.178. The van der Waals surface area contributed by atoms with Crippen LogP contribution < -0.4 is 0 Å². The molecule has 1 saturated heterocycles. The molecule has 1 atom stereocenters. The number of piperidine rings is 1. The maximum absolute atomic E-state index is 6.29. The second-order valence-corrected chi connectivity index (χ2v) is 6.76. The van der Waals surface area contributed by atoms with Crippen LogP contribution in [0.2, 0.25) is 5.02 Å². The Labute approximate surface area is 150 Å². The van der Waals surface area contributed by atoms with Gasteiger partial charge in [0.05, 0.1) is 22.3 Å². The van der Waals surface area contributed by atoms with E-state index in [9.17, 15) is 0 Å². The van der Waals surface area contributed by atoms with Gasteiger partial charge in [-0.3, -0.25) is 15.0 Å². The molecule has 0 amide bonds. The molecule has 0 radical (unpaired) electrons. The Morgan fingerprint density at radius 3 is 3.12 bits per heavy atom. The Morgan fingerprint density at radius 1 is 1.44 bits per heavy atom. The normalized spacial score (nSPS) is 18.6. The van der Waals surface area contributed by atoms with Crippen LogP contribution in [-0.4, -0.2) is 43.3 Å². The lowest BCUT2D eigenvalue weighted by Crippen LogP contribution is -2.34. The monoisotopic (exact) mass is 358 g/mol. The van der Waals surface area contributed by atoms with Crippen LogP contribution >= 0.6 is 11.6 Å². The van der Waals surface area contributed by atoms with Crippen LogP contribution in [0.5, 0.6) is 0 Å². The van der Waals surface area contributed by atoms with E-state index in [0.29, 0.717) is 11.7 Å². The van der Waals surface area contributed by atoms with Gasteiger partial charge in [-0.05, 0) is 38.4 Å². The zero-order valence-corrected chi connectivity index (χ0v) is 14.7. The molecule has 4 heterocycles. The predicted molar refractivity (Wildman–Crippen MR) is 93.1 cm³/mol. The summed E-state index contributed by atoms with van der Waals surface area (Å²) in [5, 5.41) is 12.1. The Bertz CT molecular complexity index is 846. The summed E-state index contributed by atoms with van der Waals surface area (Å²) in [6.07, 6.45) is 5.59. The first kappa shape index (κ1) is 16.2. The van der Waals surface area contributed by atoms with Crippen molar-refractivity contribution in [1.82, 2.24) is 30.2 Å². The van der Waals surface area contributed by atoms with E-state index in [-0.39, 0.29) is 5.92 Å². The number of nitrogens with zero attached hydrogens (tertiary/aromatic N) is 5. The molecular formula is C17H19ClN6O. The quantitative estimate of drug-likeness (QED) is 0.771. The highest BCUT2D eigenvalue weighted by molar-refractivity contribution is 6.31. The number of hydrogen-bond acceptors (Lipinski definition) is 6. The van der Waals surface area contributed by atoms with E-state index >= 15 is 0 Å². The summed E-state index contributed by atoms with van der Waals surface area (Å²) in [4.78, 5) is 11.0. The zero-order chi connectivity index (χ0) is 17.2. The third kappa shape index (κ3) is 3.43. The summed E-state index contributed by atoms with van der Waals surface area (Å²) in [5.74, 6) is 1.50. The molecule has 130 valence electrons. The van der Waals surface area contributed by atoms with Crippen molar-refractivity contribution >= 4 is 11.6 Å². The van der Waals surface area contributed by atoms with E-state index in [4.69, 9.17) is 16.1 Å². The van der Waals surface area contributed by atoms with Crippen LogP contribution in [0.4, 0.5) is 0 Å². The maximum Gasteiger partial charge on any atom is 0.231 e. The van der Waals surface area contributed by atoms with Crippen molar-refractivity contribution in [2.45, 2.75) is 32.2 Å². The summed E-state index contributed by atoms with van der Waals surface area (Å²) in [7, 11) is 0. The molecule has 25 heavy (non-hydrogen) atoms. The molecule has 3 aromatic rings. The molecule has 0 spiro atoms. The van der Waals surface area contributed by atoms with Crippen molar-refractivity contribution in [3.8, 4) is 11.4 Å². The van der Waals surface area contributed by atoms with E-state index in [0.717, 1.165) is 54.4 Å². The topological polar surface area (TPSA) is 83.7 Å². The van der Waals surface area contributed by atoms with Crippen LogP contribution in [0.25, 0.3) is 11.4 Å². The fourth-order valence-electron chi connectivity index (χ4n) is 3.20. The van der Waals surface area contributed by atoms with E-state index in [1.165, 1.54) is 0 Å². The average molecular weight is 359 g/mol. The molecule has 0 aromatic carbocycles. The number of pyridine rings is 1. The molecule has 7 nitrogen and oxygen atoms in total. The average Bonchev–Trinajstić information content (AvgIpc) is 3.26. The van der Waals surface area contributed by atoms with Crippen LogP contribution in [0.3, 0.4) is 0 Å². The van der Waals surface area contributed by atoms with Gasteiger partial charge < -0.3 is 4.52 Å². The number of nitrogens with one attached hydrogen (secondary N) is 1. The number of aryl methyl sites for hydroxylation is 1. The van der Waals surface area contributed by atoms with Crippen molar-refractivity contribution in [1.29, 1.82) is 0 Å². The molecule has 1 fully saturated rings. The van der Waals surface area contributed by atoms with Crippen molar-refractivity contribution in [3.63, 3.8) is 0 Å². The molecule has 8 heteroatoms. The Hall–Kier alpha value is -2.25. The van der Waals surface area contributed by atoms with E-state index in [1.807, 2.05) is 19.1 Å². The highest BCUT2D eigenvalue weighted by Gasteiger charge is 2.27. The van der Waals surface area contributed by atoms with Crippen molar-refractivity contribution in [2.75, 3.05) is 13.1 Å². The zero-order valence-electron chi connectivity index (χ0n) is 13.9. The molecule has 0 aliphatic carbocycles. The Kier molecular flexibility index (Phi) is 4.50. The van der Waals surface area contributed by atoms with Gasteiger partial charge in [-0.1, -0.05) is 16.8 Å². The van der Waals surface area contributed by atoms with Gasteiger partial charge in [0.25, 0.3) is 0 Å². The molecule has 1 aliphatic rings. The fourth-order valence-corrected chi connectivity index (χ4v) is 3.34. The van der Waals surface area contributed by atoms with Gasteiger partial charge >= 0.3 is 0 Å². The Balaban J connectivity index is 1.46. The van der Waals surface area contributed by atoms with Crippen LogP contribution in [-0.2, 0) is 6.54 Å². The molecule has 4 rings (SSSR count). The van der Waals surface area contributed by atoms with Gasteiger partial charge in [-0.2, -0.15) is 10.1 Å². The van der Waals surface area contributed by atoms with E-state index < -0.39 is 0 Å². The third-order valence-corrected chi connectivity index (χ3v) is 5.03. The first-order valence-corrected chi connectivity index (χ1v) is 8.74. The molecule has 0 saturated carbocycles. The maximum atomic E-state index is 6.29. The molecule has 0 bridgehead atoms. The largest absolute Gasteiger partial charge is 0.339 e. The van der Waals surface area contributed by atoms with Crippen molar-refractivity contribution in [3.05, 3.63) is 46.8 Å².